The average molecular weight is 729 g/mol. The van der Waals surface area contributed by atoms with Crippen molar-refractivity contribution in [3.05, 3.63) is 59.7 Å². The molecule has 52 heavy (non-hydrogen) atoms. The van der Waals surface area contributed by atoms with E-state index in [4.69, 9.17) is 22.9 Å². The van der Waals surface area contributed by atoms with E-state index >= 15 is 0 Å². The number of phenols is 1. The first-order chi connectivity index (χ1) is 24.5. The summed E-state index contributed by atoms with van der Waals surface area (Å²) in [6, 6.07) is 6.97. The smallest absolute Gasteiger partial charge is 0.326 e. The number of amides is 5. The summed E-state index contributed by atoms with van der Waals surface area (Å²) in [5, 5.41) is 39.6. The van der Waals surface area contributed by atoms with E-state index in [1.165, 1.54) is 24.3 Å². The SMILES string of the molecule is NC(N)=NCCC[C@H](NC(=O)[C@@H](N)Cc1ccc(N)cc1)C(=O)NCC(=O)N[C@@H](CC(=O)O)C(=O)NCC(=O)N[C@@H](Cc1ccc(O)cc1)C(=O)O. The average Bonchev–Trinajstić information content (AvgIpc) is 3.08. The van der Waals surface area contributed by atoms with Crippen LogP contribution >= 0.6 is 0 Å². The van der Waals surface area contributed by atoms with Crippen LogP contribution in [0, 0.1) is 0 Å². The van der Waals surface area contributed by atoms with Gasteiger partial charge in [-0.2, -0.15) is 0 Å². The van der Waals surface area contributed by atoms with Gasteiger partial charge >= 0.3 is 11.9 Å². The Hall–Kier alpha value is -6.44. The number of guanidine groups is 1. The number of aromatic hydroxyl groups is 1. The second-order valence-corrected chi connectivity index (χ2v) is 11.5. The molecule has 2 rings (SSSR count). The van der Waals surface area contributed by atoms with Gasteiger partial charge in [0, 0.05) is 18.7 Å². The van der Waals surface area contributed by atoms with Crippen LogP contribution in [0.2, 0.25) is 0 Å². The van der Waals surface area contributed by atoms with Crippen molar-refractivity contribution in [3.63, 3.8) is 0 Å². The normalized spacial score (nSPS) is 12.9. The number of hydrogen-bond donors (Lipinski definition) is 12. The van der Waals surface area contributed by atoms with Crippen LogP contribution in [0.25, 0.3) is 0 Å². The molecule has 0 aliphatic rings. The minimum absolute atomic E-state index is 0.0361. The number of benzene rings is 2. The van der Waals surface area contributed by atoms with Gasteiger partial charge in [0.2, 0.25) is 29.5 Å². The summed E-state index contributed by atoms with van der Waals surface area (Å²) in [7, 11) is 0. The quantitative estimate of drug-likeness (QED) is 0.0256. The van der Waals surface area contributed by atoms with E-state index in [-0.39, 0.29) is 43.9 Å². The Labute approximate surface area is 297 Å². The van der Waals surface area contributed by atoms with Crippen molar-refractivity contribution in [3.8, 4) is 5.75 Å². The van der Waals surface area contributed by atoms with Gasteiger partial charge in [0.25, 0.3) is 0 Å². The number of nitrogens with two attached hydrogens (primary N) is 4. The molecule has 0 saturated heterocycles. The van der Waals surface area contributed by atoms with Gasteiger partial charge in [0.1, 0.15) is 23.9 Å². The van der Waals surface area contributed by atoms with Gasteiger partial charge in [0.15, 0.2) is 5.96 Å². The third-order valence-corrected chi connectivity index (χ3v) is 7.24. The zero-order chi connectivity index (χ0) is 38.8. The first kappa shape index (κ1) is 41.7. The van der Waals surface area contributed by atoms with Crippen molar-refractivity contribution in [2.75, 3.05) is 25.4 Å². The van der Waals surface area contributed by atoms with Crippen molar-refractivity contribution >= 4 is 53.1 Å². The van der Waals surface area contributed by atoms with E-state index in [9.17, 15) is 48.9 Å². The fraction of sp³-hybridized carbons (Fsp3) is 0.375. The van der Waals surface area contributed by atoms with Crippen LogP contribution in [0.1, 0.15) is 30.4 Å². The number of carbonyl (C=O) groups excluding carboxylic acids is 5. The van der Waals surface area contributed by atoms with E-state index in [2.05, 4.69) is 31.6 Å². The number of phenolic OH excluding ortho intramolecular Hbond substituents is 1. The van der Waals surface area contributed by atoms with Gasteiger partial charge in [0.05, 0.1) is 25.6 Å². The number of carboxylic acids is 2. The summed E-state index contributed by atoms with van der Waals surface area (Å²) in [6.07, 6.45) is -0.634. The lowest BCUT2D eigenvalue weighted by atomic mass is 10.0. The molecule has 0 aromatic heterocycles. The molecule has 0 aliphatic carbocycles. The van der Waals surface area contributed by atoms with E-state index in [0.29, 0.717) is 11.3 Å². The Morgan fingerprint density at radius 2 is 1.21 bits per heavy atom. The molecular weight excluding hydrogens is 684 g/mol. The van der Waals surface area contributed by atoms with Crippen molar-refractivity contribution in [2.45, 2.75) is 56.3 Å². The van der Waals surface area contributed by atoms with E-state index in [1.54, 1.807) is 24.3 Å². The number of aliphatic imine (C=N–C) groups is 1. The molecule has 0 unspecified atom stereocenters. The van der Waals surface area contributed by atoms with Crippen LogP contribution in [0.15, 0.2) is 53.5 Å². The maximum atomic E-state index is 13.1. The first-order valence-electron chi connectivity index (χ1n) is 15.9. The highest BCUT2D eigenvalue weighted by Gasteiger charge is 2.27. The summed E-state index contributed by atoms with van der Waals surface area (Å²) in [5.41, 5.74) is 24.1. The first-order valence-corrected chi connectivity index (χ1v) is 15.9. The summed E-state index contributed by atoms with van der Waals surface area (Å²) >= 11 is 0. The van der Waals surface area contributed by atoms with Crippen molar-refractivity contribution in [1.82, 2.24) is 26.6 Å². The maximum absolute atomic E-state index is 13.1. The van der Waals surface area contributed by atoms with Crippen LogP contribution < -0.4 is 49.5 Å². The molecule has 5 amide bonds. The number of nitrogens with zero attached hydrogens (tertiary/aromatic N) is 1. The molecule has 20 heteroatoms. The molecule has 4 atom stereocenters. The molecule has 2 aromatic rings. The molecule has 0 bridgehead atoms. The number of nitrogen functional groups attached to an aromatic ring is 1. The summed E-state index contributed by atoms with van der Waals surface area (Å²) in [6.45, 7) is -1.38. The minimum atomic E-state index is -1.69. The molecule has 0 fully saturated rings. The van der Waals surface area contributed by atoms with Crippen LogP contribution in [-0.4, -0.2) is 107 Å². The fourth-order valence-electron chi connectivity index (χ4n) is 4.58. The predicted molar refractivity (Wildman–Crippen MR) is 186 cm³/mol. The minimum Gasteiger partial charge on any atom is -0.508 e. The lowest BCUT2D eigenvalue weighted by Crippen LogP contribution is -2.55. The molecule has 20 nitrogen and oxygen atoms in total. The lowest BCUT2D eigenvalue weighted by molar-refractivity contribution is -0.142. The van der Waals surface area contributed by atoms with Crippen LogP contribution in [0.3, 0.4) is 0 Å². The Bertz CT molecular complexity index is 1600. The zero-order valence-corrected chi connectivity index (χ0v) is 28.0. The largest absolute Gasteiger partial charge is 0.508 e. The summed E-state index contributed by atoms with van der Waals surface area (Å²) in [4.78, 5) is 90.7. The molecule has 0 aliphatic heterocycles. The standard InChI is InChI=1S/C32H44N10O10/c33-19-7-3-17(4-8-19)12-21(34)28(48)42-22(2-1-11-37-32(35)36)29(49)38-15-25(44)40-23(14-27(46)47)30(50)39-16-26(45)41-24(31(51)52)13-18-5-9-20(43)10-6-18/h3-10,21-24,43H,1-2,11-16,33-34H2,(H,38,49)(H,39,50)(H,40,44)(H,41,45)(H,42,48)(H,46,47)(H,51,52)(H4,35,36,37)/t21-,22-,23-,24-/m0/s1. The third kappa shape index (κ3) is 15.8. The number of rotatable bonds is 21. The van der Waals surface area contributed by atoms with Gasteiger partial charge in [-0.25, -0.2) is 4.79 Å². The Balaban J connectivity index is 1.97. The van der Waals surface area contributed by atoms with E-state index in [0.717, 1.165) is 5.56 Å². The van der Waals surface area contributed by atoms with Crippen LogP contribution in [-0.2, 0) is 46.4 Å². The van der Waals surface area contributed by atoms with Crippen molar-refractivity contribution in [2.24, 2.45) is 22.2 Å². The molecule has 0 heterocycles. The molecule has 16 N–H and O–H groups in total. The van der Waals surface area contributed by atoms with Gasteiger partial charge in [-0.3, -0.25) is 33.8 Å². The van der Waals surface area contributed by atoms with Crippen molar-refractivity contribution in [1.29, 1.82) is 0 Å². The number of carboxylic acid groups (broad SMARTS) is 2. The molecule has 0 radical (unpaired) electrons. The number of carbonyl (C=O) groups is 7. The van der Waals surface area contributed by atoms with Gasteiger partial charge < -0.3 is 64.8 Å². The number of aliphatic carboxylic acids is 2. The topological polar surface area (TPSA) is 357 Å². The Kier molecular flexibility index (Phi) is 16.8. The van der Waals surface area contributed by atoms with Gasteiger partial charge in [-0.05, 0) is 54.7 Å². The van der Waals surface area contributed by atoms with E-state index < -0.39 is 85.2 Å². The monoisotopic (exact) mass is 728 g/mol. The summed E-state index contributed by atoms with van der Waals surface area (Å²) in [5.74, 6) is -7.52. The highest BCUT2D eigenvalue weighted by molar-refractivity contribution is 5.95. The van der Waals surface area contributed by atoms with E-state index in [1.807, 2.05) is 0 Å². The third-order valence-electron chi connectivity index (χ3n) is 7.24. The van der Waals surface area contributed by atoms with Gasteiger partial charge in [-0.1, -0.05) is 24.3 Å². The Morgan fingerprint density at radius 3 is 1.75 bits per heavy atom. The molecular formula is C32H44N10O10. The predicted octanol–water partition coefficient (Wildman–Crippen LogP) is -3.61. The molecule has 282 valence electrons. The second kappa shape index (κ2) is 20.9. The van der Waals surface area contributed by atoms with Crippen LogP contribution in [0.5, 0.6) is 5.75 Å². The molecule has 0 spiro atoms. The highest BCUT2D eigenvalue weighted by Crippen LogP contribution is 2.12. The number of nitrogens with one attached hydrogen (secondary N) is 5. The highest BCUT2D eigenvalue weighted by atomic mass is 16.4. The molecule has 2 aromatic carbocycles. The maximum Gasteiger partial charge on any atom is 0.326 e. The Morgan fingerprint density at radius 1 is 0.692 bits per heavy atom. The van der Waals surface area contributed by atoms with Crippen molar-refractivity contribution < 1.29 is 48.9 Å². The fourth-order valence-corrected chi connectivity index (χ4v) is 4.58. The second-order valence-electron chi connectivity index (χ2n) is 11.5. The lowest BCUT2D eigenvalue weighted by Gasteiger charge is -2.21. The number of anilines is 1. The number of hydrogen-bond acceptors (Lipinski definition) is 11. The summed E-state index contributed by atoms with van der Waals surface area (Å²) < 4.78 is 0. The van der Waals surface area contributed by atoms with Gasteiger partial charge in [-0.15, -0.1) is 0 Å². The molecule has 0 saturated carbocycles. The zero-order valence-electron chi connectivity index (χ0n) is 28.0. The van der Waals surface area contributed by atoms with Crippen LogP contribution in [0.4, 0.5) is 5.69 Å².